The number of anilines is 1. The number of fused-ring (bicyclic) bond motifs is 1. The maximum absolute atomic E-state index is 13.3. The second-order valence-electron chi connectivity index (χ2n) is 10.2. The van der Waals surface area contributed by atoms with Gasteiger partial charge in [0.1, 0.15) is 23.7 Å². The van der Waals surface area contributed by atoms with Crippen molar-refractivity contribution in [2.45, 2.75) is 38.8 Å². The van der Waals surface area contributed by atoms with E-state index in [0.29, 0.717) is 19.6 Å². The number of nitrogens with one attached hydrogen (secondary N) is 1. The zero-order chi connectivity index (χ0) is 26.2. The maximum atomic E-state index is 13.3. The minimum absolute atomic E-state index is 0.130. The molecule has 1 saturated heterocycles. The average Bonchev–Trinajstić information content (AvgIpc) is 3.33. The van der Waals surface area contributed by atoms with Crippen molar-refractivity contribution >= 4 is 23.5 Å². The Hall–Kier alpha value is -3.94. The third-order valence-electron chi connectivity index (χ3n) is 7.22. The highest BCUT2D eigenvalue weighted by Crippen LogP contribution is 2.37. The SMILES string of the molecule is COc1cccc(C2=Cc3c(ncnc3N3CCN(C(=O)N[C@@H](C)c4ccc(F)cc4)C(C)(C)C3)C2)c1. The molecule has 2 aromatic carbocycles. The van der Waals surface area contributed by atoms with Crippen molar-refractivity contribution in [3.05, 3.63) is 83.1 Å². The van der Waals surface area contributed by atoms with Gasteiger partial charge in [-0.05, 0) is 67.8 Å². The Labute approximate surface area is 217 Å². The van der Waals surface area contributed by atoms with E-state index in [1.807, 2.05) is 30.0 Å². The smallest absolute Gasteiger partial charge is 0.318 e. The lowest BCUT2D eigenvalue weighted by Gasteiger charge is -2.47. The summed E-state index contributed by atoms with van der Waals surface area (Å²) in [6, 6.07) is 13.9. The molecule has 0 bridgehead atoms. The molecule has 8 heteroatoms. The predicted molar refractivity (Wildman–Crippen MR) is 143 cm³/mol. The molecule has 7 nitrogen and oxygen atoms in total. The Bertz CT molecular complexity index is 1340. The third-order valence-corrected chi connectivity index (χ3v) is 7.22. The van der Waals surface area contributed by atoms with Crippen LogP contribution < -0.4 is 15.0 Å². The number of urea groups is 1. The molecule has 1 aliphatic carbocycles. The van der Waals surface area contributed by atoms with Crippen LogP contribution >= 0.6 is 0 Å². The van der Waals surface area contributed by atoms with Gasteiger partial charge in [-0.15, -0.1) is 0 Å². The second kappa shape index (κ2) is 9.84. The molecular weight excluding hydrogens is 469 g/mol. The zero-order valence-electron chi connectivity index (χ0n) is 21.7. The zero-order valence-corrected chi connectivity index (χ0v) is 21.7. The summed E-state index contributed by atoms with van der Waals surface area (Å²) in [7, 11) is 1.67. The van der Waals surface area contributed by atoms with Crippen LogP contribution in [0.1, 0.15) is 49.2 Å². The Morgan fingerprint density at radius 2 is 1.92 bits per heavy atom. The highest BCUT2D eigenvalue weighted by Gasteiger charge is 2.38. The van der Waals surface area contributed by atoms with Gasteiger partial charge >= 0.3 is 6.03 Å². The molecule has 1 fully saturated rings. The minimum atomic E-state index is -0.430. The molecule has 192 valence electrons. The Kier molecular flexibility index (Phi) is 6.58. The van der Waals surface area contributed by atoms with Crippen molar-refractivity contribution in [3.63, 3.8) is 0 Å². The molecule has 0 spiro atoms. The number of nitrogens with zero attached hydrogens (tertiary/aromatic N) is 4. The van der Waals surface area contributed by atoms with Crippen LogP contribution in [0.25, 0.3) is 11.6 Å². The van der Waals surface area contributed by atoms with Gasteiger partial charge in [0, 0.05) is 31.6 Å². The number of allylic oxidation sites excluding steroid dienone is 1. The molecule has 0 saturated carbocycles. The molecule has 3 aromatic rings. The molecule has 0 radical (unpaired) electrons. The van der Waals surface area contributed by atoms with E-state index in [4.69, 9.17) is 4.74 Å². The topological polar surface area (TPSA) is 70.6 Å². The molecule has 37 heavy (non-hydrogen) atoms. The van der Waals surface area contributed by atoms with Gasteiger partial charge in [-0.3, -0.25) is 0 Å². The number of rotatable bonds is 5. The Morgan fingerprint density at radius 1 is 1.14 bits per heavy atom. The predicted octanol–water partition coefficient (Wildman–Crippen LogP) is 5.09. The lowest BCUT2D eigenvalue weighted by atomic mass is 9.98. The van der Waals surface area contributed by atoms with E-state index in [9.17, 15) is 9.18 Å². The number of benzene rings is 2. The molecule has 2 heterocycles. The summed E-state index contributed by atoms with van der Waals surface area (Å²) in [6.07, 6.45) is 4.55. The van der Waals surface area contributed by atoms with Crippen molar-refractivity contribution in [2.24, 2.45) is 0 Å². The largest absolute Gasteiger partial charge is 0.497 e. The van der Waals surface area contributed by atoms with E-state index >= 15 is 0 Å². The van der Waals surface area contributed by atoms with Crippen molar-refractivity contribution in [1.82, 2.24) is 20.2 Å². The standard InChI is InChI=1S/C29H32FN5O2/c1-19(20-8-10-23(30)11-9-20)33-28(36)35-13-12-34(17-29(35,2)3)27-25-15-22(16-26(25)31-18-32-27)21-6-5-7-24(14-21)37-4/h5-11,14-15,18-19H,12-13,16-17H2,1-4H3,(H,33,36)/t19-/m0/s1. The second-order valence-corrected chi connectivity index (χ2v) is 10.2. The number of piperazine rings is 1. The molecule has 5 rings (SSSR count). The van der Waals surface area contributed by atoms with Gasteiger partial charge in [0.25, 0.3) is 0 Å². The Morgan fingerprint density at radius 3 is 2.65 bits per heavy atom. The molecule has 1 atom stereocenters. The first-order chi connectivity index (χ1) is 17.7. The number of carbonyl (C=O) groups is 1. The minimum Gasteiger partial charge on any atom is -0.497 e. The number of aromatic nitrogens is 2. The average molecular weight is 502 g/mol. The quantitative estimate of drug-likeness (QED) is 0.527. The van der Waals surface area contributed by atoms with Crippen LogP contribution in [0, 0.1) is 5.82 Å². The summed E-state index contributed by atoms with van der Waals surface area (Å²) < 4.78 is 18.7. The summed E-state index contributed by atoms with van der Waals surface area (Å²) in [4.78, 5) is 26.6. The fourth-order valence-corrected chi connectivity index (χ4v) is 5.19. The first-order valence-electron chi connectivity index (χ1n) is 12.5. The molecular formula is C29H32FN5O2. The fourth-order valence-electron chi connectivity index (χ4n) is 5.19. The highest BCUT2D eigenvalue weighted by molar-refractivity contribution is 5.91. The van der Waals surface area contributed by atoms with Gasteiger partial charge in [0.05, 0.1) is 24.4 Å². The van der Waals surface area contributed by atoms with E-state index in [1.165, 1.54) is 17.7 Å². The van der Waals surface area contributed by atoms with Crippen LogP contribution in [0.2, 0.25) is 0 Å². The molecule has 1 aliphatic heterocycles. The number of amides is 2. The number of carbonyl (C=O) groups excluding carboxylic acids is 1. The lowest BCUT2D eigenvalue weighted by molar-refractivity contribution is 0.121. The van der Waals surface area contributed by atoms with Gasteiger partial charge < -0.3 is 19.9 Å². The number of methoxy groups -OCH3 is 1. The molecule has 2 amide bonds. The third kappa shape index (κ3) is 5.01. The number of hydrogen-bond donors (Lipinski definition) is 1. The van der Waals surface area contributed by atoms with Crippen LogP contribution in [0.3, 0.4) is 0 Å². The van der Waals surface area contributed by atoms with Gasteiger partial charge in [-0.1, -0.05) is 24.3 Å². The highest BCUT2D eigenvalue weighted by atomic mass is 19.1. The Balaban J connectivity index is 1.32. The summed E-state index contributed by atoms with van der Waals surface area (Å²) in [5.41, 5.74) is 4.78. The van der Waals surface area contributed by atoms with Crippen molar-refractivity contribution in [1.29, 1.82) is 0 Å². The number of ether oxygens (including phenoxy) is 1. The first kappa shape index (κ1) is 24.7. The monoisotopic (exact) mass is 501 g/mol. The summed E-state index contributed by atoms with van der Waals surface area (Å²) in [5, 5.41) is 3.07. The van der Waals surface area contributed by atoms with Gasteiger partial charge in [0.15, 0.2) is 0 Å². The van der Waals surface area contributed by atoms with E-state index < -0.39 is 5.54 Å². The number of halogens is 1. The first-order valence-corrected chi connectivity index (χ1v) is 12.5. The van der Waals surface area contributed by atoms with Crippen LogP contribution in [0.15, 0.2) is 54.9 Å². The van der Waals surface area contributed by atoms with Gasteiger partial charge in [0.2, 0.25) is 0 Å². The summed E-state index contributed by atoms with van der Waals surface area (Å²) >= 11 is 0. The molecule has 1 aromatic heterocycles. The van der Waals surface area contributed by atoms with Gasteiger partial charge in [-0.2, -0.15) is 0 Å². The lowest BCUT2D eigenvalue weighted by Crippen LogP contribution is -2.63. The molecule has 0 unspecified atom stereocenters. The number of hydrogen-bond acceptors (Lipinski definition) is 5. The van der Waals surface area contributed by atoms with Crippen LogP contribution in [-0.2, 0) is 6.42 Å². The molecule has 2 aliphatic rings. The molecule has 1 N–H and O–H groups in total. The van der Waals surface area contributed by atoms with Crippen LogP contribution in [0.4, 0.5) is 15.0 Å². The summed E-state index contributed by atoms with van der Waals surface area (Å²) in [5.74, 6) is 1.43. The summed E-state index contributed by atoms with van der Waals surface area (Å²) in [6.45, 7) is 7.90. The van der Waals surface area contributed by atoms with E-state index in [1.54, 1.807) is 25.6 Å². The normalized spacial score (nSPS) is 17.2. The maximum Gasteiger partial charge on any atom is 0.318 e. The van der Waals surface area contributed by atoms with Crippen LogP contribution in [-0.4, -0.2) is 53.2 Å². The fraction of sp³-hybridized carbons (Fsp3) is 0.345. The van der Waals surface area contributed by atoms with Crippen molar-refractivity contribution in [3.8, 4) is 5.75 Å². The van der Waals surface area contributed by atoms with E-state index in [-0.39, 0.29) is 17.9 Å². The van der Waals surface area contributed by atoms with E-state index in [0.717, 1.165) is 40.4 Å². The van der Waals surface area contributed by atoms with E-state index in [2.05, 4.69) is 46.2 Å². The van der Waals surface area contributed by atoms with Crippen molar-refractivity contribution < 1.29 is 13.9 Å². The van der Waals surface area contributed by atoms with Crippen molar-refractivity contribution in [2.75, 3.05) is 31.6 Å². The van der Waals surface area contributed by atoms with Gasteiger partial charge in [-0.25, -0.2) is 19.2 Å². The van der Waals surface area contributed by atoms with Crippen LogP contribution in [0.5, 0.6) is 5.75 Å².